The third kappa shape index (κ3) is 1.17. The lowest BCUT2D eigenvalue weighted by molar-refractivity contribution is 1.14. The van der Waals surface area contributed by atoms with Crippen LogP contribution in [0.1, 0.15) is 29.3 Å². The first kappa shape index (κ1) is 7.51. The van der Waals surface area contributed by atoms with Gasteiger partial charge in [0.05, 0.1) is 15.2 Å². The molecule has 1 saturated carbocycles. The van der Waals surface area contributed by atoms with Crippen molar-refractivity contribution in [1.29, 1.82) is 0 Å². The summed E-state index contributed by atoms with van der Waals surface area (Å²) in [6.45, 7) is 2.08. The van der Waals surface area contributed by atoms with Crippen LogP contribution in [-0.4, -0.2) is 4.98 Å². The molecule has 0 atom stereocenters. The quantitative estimate of drug-likeness (QED) is 0.669. The van der Waals surface area contributed by atoms with E-state index in [1.54, 1.807) is 11.3 Å². The van der Waals surface area contributed by atoms with Crippen LogP contribution in [0, 0.1) is 6.92 Å². The number of aryl methyl sites for hydroxylation is 1. The fourth-order valence-corrected chi connectivity index (χ4v) is 2.67. The first-order valence-corrected chi connectivity index (χ1v) is 5.52. The lowest BCUT2D eigenvalue weighted by Gasteiger charge is -1.97. The van der Waals surface area contributed by atoms with Crippen molar-refractivity contribution >= 4 is 21.6 Å². The number of benzene rings is 1. The Bertz CT molecular complexity index is 454. The van der Waals surface area contributed by atoms with Crippen LogP contribution in [0.3, 0.4) is 0 Å². The molecule has 0 bridgehead atoms. The molecule has 0 saturated heterocycles. The van der Waals surface area contributed by atoms with Crippen molar-refractivity contribution in [3.8, 4) is 0 Å². The number of fused-ring (bicyclic) bond motifs is 1. The molecule has 2 aromatic rings. The third-order valence-corrected chi connectivity index (χ3v) is 3.51. The summed E-state index contributed by atoms with van der Waals surface area (Å²) in [5.74, 6) is 0.810. The molecule has 0 unspecified atom stereocenters. The highest BCUT2D eigenvalue weighted by molar-refractivity contribution is 7.18. The molecule has 0 radical (unpaired) electrons. The lowest BCUT2D eigenvalue weighted by atomic mass is 10.1. The summed E-state index contributed by atoms with van der Waals surface area (Å²) >= 11 is 1.80. The molecule has 1 aromatic heterocycles. The Hall–Kier alpha value is -0.890. The molecule has 0 spiro atoms. The molecule has 1 heterocycles. The third-order valence-electron chi connectivity index (χ3n) is 2.57. The molecule has 2 heteroatoms. The van der Waals surface area contributed by atoms with Gasteiger partial charge in [-0.1, -0.05) is 12.1 Å². The van der Waals surface area contributed by atoms with Gasteiger partial charge < -0.3 is 0 Å². The Balaban J connectivity index is 2.31. The van der Waals surface area contributed by atoms with Crippen molar-refractivity contribution in [1.82, 2.24) is 4.98 Å². The Labute approximate surface area is 81.4 Å². The van der Waals surface area contributed by atoms with Gasteiger partial charge in [-0.15, -0.1) is 11.3 Å². The van der Waals surface area contributed by atoms with Gasteiger partial charge in [-0.25, -0.2) is 4.98 Å². The van der Waals surface area contributed by atoms with Gasteiger partial charge in [-0.05, 0) is 37.3 Å². The molecule has 1 aliphatic carbocycles. The Morgan fingerprint density at radius 1 is 1.38 bits per heavy atom. The molecule has 13 heavy (non-hydrogen) atoms. The zero-order chi connectivity index (χ0) is 8.84. The second-order valence-corrected chi connectivity index (χ2v) is 4.94. The van der Waals surface area contributed by atoms with Crippen molar-refractivity contribution in [3.63, 3.8) is 0 Å². The number of nitrogens with zero attached hydrogens (tertiary/aromatic N) is 1. The summed E-state index contributed by atoms with van der Waals surface area (Å²) in [5.41, 5.74) is 2.73. The monoisotopic (exact) mass is 189 g/mol. The summed E-state index contributed by atoms with van der Waals surface area (Å²) in [6.07, 6.45) is 2.71. The van der Waals surface area contributed by atoms with Gasteiger partial charge >= 0.3 is 0 Å². The molecule has 0 aliphatic heterocycles. The topological polar surface area (TPSA) is 12.9 Å². The predicted octanol–water partition coefficient (Wildman–Crippen LogP) is 3.48. The standard InChI is InChI=1S/C11H11NS/c1-7-12-11-9(8-5-6-8)3-2-4-10(11)13-7/h2-4,8H,5-6H2,1H3. The van der Waals surface area contributed by atoms with Crippen LogP contribution in [0.25, 0.3) is 10.2 Å². The van der Waals surface area contributed by atoms with Crippen LogP contribution in [0.5, 0.6) is 0 Å². The Morgan fingerprint density at radius 2 is 2.23 bits per heavy atom. The van der Waals surface area contributed by atoms with E-state index in [1.807, 2.05) is 0 Å². The maximum atomic E-state index is 4.59. The SMILES string of the molecule is Cc1nc2c(C3CC3)cccc2s1. The van der Waals surface area contributed by atoms with Gasteiger partial charge in [0.15, 0.2) is 0 Å². The summed E-state index contributed by atoms with van der Waals surface area (Å²) in [4.78, 5) is 4.59. The zero-order valence-electron chi connectivity index (χ0n) is 7.58. The van der Waals surface area contributed by atoms with E-state index in [9.17, 15) is 0 Å². The minimum absolute atomic E-state index is 0.810. The average Bonchev–Trinajstić information content (AvgIpc) is 2.86. The summed E-state index contributed by atoms with van der Waals surface area (Å²) in [6, 6.07) is 6.57. The van der Waals surface area contributed by atoms with Crippen molar-refractivity contribution in [3.05, 3.63) is 28.8 Å². The highest BCUT2D eigenvalue weighted by Crippen LogP contribution is 2.43. The van der Waals surface area contributed by atoms with E-state index in [4.69, 9.17) is 0 Å². The summed E-state index contributed by atoms with van der Waals surface area (Å²) < 4.78 is 1.35. The Morgan fingerprint density at radius 3 is 3.00 bits per heavy atom. The average molecular weight is 189 g/mol. The van der Waals surface area contributed by atoms with Crippen molar-refractivity contribution < 1.29 is 0 Å². The van der Waals surface area contributed by atoms with E-state index in [0.717, 1.165) is 5.92 Å². The van der Waals surface area contributed by atoms with Crippen molar-refractivity contribution in [2.75, 3.05) is 0 Å². The molecular formula is C11H11NS. The second kappa shape index (κ2) is 2.55. The molecule has 0 amide bonds. The first-order valence-electron chi connectivity index (χ1n) is 4.70. The summed E-state index contributed by atoms with van der Waals surface area (Å²) in [5, 5.41) is 1.18. The molecule has 1 aromatic carbocycles. The fraction of sp³-hybridized carbons (Fsp3) is 0.364. The molecule has 1 aliphatic rings. The minimum atomic E-state index is 0.810. The highest BCUT2D eigenvalue weighted by atomic mass is 32.1. The minimum Gasteiger partial charge on any atom is -0.241 e. The van der Waals surface area contributed by atoms with Crippen LogP contribution < -0.4 is 0 Å². The molecular weight excluding hydrogens is 178 g/mol. The van der Waals surface area contributed by atoms with Gasteiger partial charge in [-0.2, -0.15) is 0 Å². The maximum Gasteiger partial charge on any atom is 0.0907 e. The van der Waals surface area contributed by atoms with Gasteiger partial charge in [0.2, 0.25) is 0 Å². The number of hydrogen-bond donors (Lipinski definition) is 0. The lowest BCUT2D eigenvalue weighted by Crippen LogP contribution is -1.81. The van der Waals surface area contributed by atoms with Gasteiger partial charge in [-0.3, -0.25) is 0 Å². The number of aromatic nitrogens is 1. The fourth-order valence-electron chi connectivity index (χ4n) is 1.80. The van der Waals surface area contributed by atoms with Gasteiger partial charge in [0, 0.05) is 0 Å². The van der Waals surface area contributed by atoms with E-state index < -0.39 is 0 Å². The van der Waals surface area contributed by atoms with Crippen molar-refractivity contribution in [2.45, 2.75) is 25.7 Å². The second-order valence-electron chi connectivity index (χ2n) is 3.70. The predicted molar refractivity (Wildman–Crippen MR) is 56.3 cm³/mol. The van der Waals surface area contributed by atoms with Crippen LogP contribution in [0.2, 0.25) is 0 Å². The van der Waals surface area contributed by atoms with E-state index >= 15 is 0 Å². The zero-order valence-corrected chi connectivity index (χ0v) is 8.40. The van der Waals surface area contributed by atoms with Crippen LogP contribution in [0.15, 0.2) is 18.2 Å². The van der Waals surface area contributed by atoms with E-state index in [0.29, 0.717) is 0 Å². The molecule has 3 rings (SSSR count). The Kier molecular flexibility index (Phi) is 1.47. The van der Waals surface area contributed by atoms with Gasteiger partial charge in [0.1, 0.15) is 0 Å². The molecule has 0 N–H and O–H groups in total. The highest BCUT2D eigenvalue weighted by Gasteiger charge is 2.26. The first-order chi connectivity index (χ1) is 6.34. The summed E-state index contributed by atoms with van der Waals surface area (Å²) in [7, 11) is 0. The number of para-hydroxylation sites is 1. The number of rotatable bonds is 1. The molecule has 66 valence electrons. The molecule has 1 nitrogen and oxygen atoms in total. The van der Waals surface area contributed by atoms with Crippen LogP contribution in [0.4, 0.5) is 0 Å². The van der Waals surface area contributed by atoms with E-state index in [1.165, 1.54) is 33.6 Å². The smallest absolute Gasteiger partial charge is 0.0907 e. The molecule has 1 fully saturated rings. The largest absolute Gasteiger partial charge is 0.241 e. The maximum absolute atomic E-state index is 4.59. The number of thiazole rings is 1. The van der Waals surface area contributed by atoms with Gasteiger partial charge in [0.25, 0.3) is 0 Å². The normalized spacial score (nSPS) is 16.7. The van der Waals surface area contributed by atoms with Crippen LogP contribution >= 0.6 is 11.3 Å². The number of hydrogen-bond acceptors (Lipinski definition) is 2. The van der Waals surface area contributed by atoms with E-state index in [2.05, 4.69) is 30.1 Å². The van der Waals surface area contributed by atoms with E-state index in [-0.39, 0.29) is 0 Å². The van der Waals surface area contributed by atoms with Crippen molar-refractivity contribution in [2.24, 2.45) is 0 Å². The van der Waals surface area contributed by atoms with Crippen LogP contribution in [-0.2, 0) is 0 Å².